The highest BCUT2D eigenvalue weighted by Gasteiger charge is 2.06. The summed E-state index contributed by atoms with van der Waals surface area (Å²) < 4.78 is 19.6. The lowest BCUT2D eigenvalue weighted by Crippen LogP contribution is -1.95. The predicted octanol–water partition coefficient (Wildman–Crippen LogP) is 4.06. The van der Waals surface area contributed by atoms with Gasteiger partial charge in [-0.05, 0) is 25.1 Å². The summed E-state index contributed by atoms with van der Waals surface area (Å²) >= 11 is 4.79. The van der Waals surface area contributed by atoms with Gasteiger partial charge >= 0.3 is 0 Å². The molecule has 0 saturated heterocycles. The lowest BCUT2D eigenvalue weighted by molar-refractivity contribution is 0.293. The number of halogens is 2. The molecule has 0 radical (unpaired) electrons. The van der Waals surface area contributed by atoms with Crippen molar-refractivity contribution < 1.29 is 9.13 Å². The van der Waals surface area contributed by atoms with E-state index >= 15 is 0 Å². The van der Waals surface area contributed by atoms with Crippen molar-refractivity contribution in [3.8, 4) is 5.75 Å². The number of benzene rings is 1. The van der Waals surface area contributed by atoms with Gasteiger partial charge in [-0.15, -0.1) is 0 Å². The second kappa shape index (κ2) is 6.15. The molecule has 3 nitrogen and oxygen atoms in total. The molecule has 0 saturated carbocycles. The molecule has 0 aliphatic heterocycles. The highest BCUT2D eigenvalue weighted by Crippen LogP contribution is 2.25. The van der Waals surface area contributed by atoms with Crippen molar-refractivity contribution in [3.05, 3.63) is 39.6 Å². The molecule has 0 spiro atoms. The molecule has 0 amide bonds. The van der Waals surface area contributed by atoms with Crippen LogP contribution in [0.25, 0.3) is 0 Å². The van der Waals surface area contributed by atoms with E-state index in [4.69, 9.17) is 4.74 Å². The fourth-order valence-electron chi connectivity index (χ4n) is 1.34. The van der Waals surface area contributed by atoms with E-state index in [1.807, 2.05) is 6.92 Å². The molecule has 1 aromatic carbocycles. The van der Waals surface area contributed by atoms with Crippen LogP contribution in [0.3, 0.4) is 0 Å². The van der Waals surface area contributed by atoms with Gasteiger partial charge in [-0.2, -0.15) is 0 Å². The molecule has 0 aliphatic rings. The summed E-state index contributed by atoms with van der Waals surface area (Å²) in [6.45, 7) is 3.15. The van der Waals surface area contributed by atoms with Gasteiger partial charge in [-0.25, -0.2) is 9.37 Å². The van der Waals surface area contributed by atoms with E-state index in [1.54, 1.807) is 18.3 Å². The average Bonchev–Trinajstić information content (AvgIpc) is 2.79. The normalized spacial score (nSPS) is 10.4. The van der Waals surface area contributed by atoms with Gasteiger partial charge in [0.05, 0.1) is 4.88 Å². The molecule has 0 atom stereocenters. The van der Waals surface area contributed by atoms with Crippen molar-refractivity contribution in [3.63, 3.8) is 0 Å². The molecule has 1 aromatic heterocycles. The van der Waals surface area contributed by atoms with E-state index in [2.05, 4.69) is 26.2 Å². The Kier molecular flexibility index (Phi) is 4.54. The quantitative estimate of drug-likeness (QED) is 0.897. The van der Waals surface area contributed by atoms with Gasteiger partial charge in [-0.1, -0.05) is 27.3 Å². The molecule has 18 heavy (non-hydrogen) atoms. The Morgan fingerprint density at radius 3 is 3.11 bits per heavy atom. The molecule has 96 valence electrons. The topological polar surface area (TPSA) is 34.2 Å². The number of rotatable bonds is 5. The van der Waals surface area contributed by atoms with Crippen LogP contribution in [0.15, 0.2) is 28.9 Å². The number of nitrogens with one attached hydrogen (secondary N) is 1. The summed E-state index contributed by atoms with van der Waals surface area (Å²) in [5, 5.41) is 3.97. The molecule has 0 unspecified atom stereocenters. The van der Waals surface area contributed by atoms with E-state index in [1.165, 1.54) is 17.4 Å². The molecule has 2 rings (SSSR count). The van der Waals surface area contributed by atoms with Crippen molar-refractivity contribution in [2.75, 3.05) is 11.9 Å². The number of hydrogen-bond donors (Lipinski definition) is 1. The van der Waals surface area contributed by atoms with Crippen LogP contribution in [-0.4, -0.2) is 11.5 Å². The van der Waals surface area contributed by atoms with Crippen LogP contribution in [0.5, 0.6) is 5.75 Å². The number of anilines is 1. The van der Waals surface area contributed by atoms with Crippen molar-refractivity contribution >= 4 is 32.4 Å². The first kappa shape index (κ1) is 13.3. The number of ether oxygens (including phenoxy) is 1. The Balaban J connectivity index is 1.99. The predicted molar refractivity (Wildman–Crippen MR) is 74.7 cm³/mol. The molecule has 6 heteroatoms. The first-order valence-electron chi connectivity index (χ1n) is 5.45. The molecule has 0 fully saturated rings. The molecule has 0 bridgehead atoms. The van der Waals surface area contributed by atoms with Crippen LogP contribution in [0.2, 0.25) is 0 Å². The van der Waals surface area contributed by atoms with Crippen molar-refractivity contribution in [1.29, 1.82) is 0 Å². The second-order valence-electron chi connectivity index (χ2n) is 3.53. The van der Waals surface area contributed by atoms with E-state index < -0.39 is 0 Å². The fourth-order valence-corrected chi connectivity index (χ4v) is 2.48. The SMILES string of the molecule is CCNc1ncc(COc2cc(Br)ccc2F)s1. The summed E-state index contributed by atoms with van der Waals surface area (Å²) in [5.41, 5.74) is 0. The van der Waals surface area contributed by atoms with Crippen LogP contribution < -0.4 is 10.1 Å². The van der Waals surface area contributed by atoms with Gasteiger partial charge < -0.3 is 10.1 Å². The minimum Gasteiger partial charge on any atom is -0.485 e. The van der Waals surface area contributed by atoms with Gasteiger partial charge in [0.15, 0.2) is 16.7 Å². The minimum absolute atomic E-state index is 0.239. The van der Waals surface area contributed by atoms with Gasteiger partial charge in [-0.3, -0.25) is 0 Å². The maximum atomic E-state index is 13.4. The summed E-state index contributed by atoms with van der Waals surface area (Å²) in [7, 11) is 0. The standard InChI is InChI=1S/C12H12BrFN2OS/c1-2-15-12-16-6-9(18-12)7-17-11-5-8(13)3-4-10(11)14/h3-6H,2,7H2,1H3,(H,15,16). The third-order valence-electron chi connectivity index (χ3n) is 2.14. The van der Waals surface area contributed by atoms with Crippen LogP contribution in [0.4, 0.5) is 9.52 Å². The van der Waals surface area contributed by atoms with E-state index in [0.717, 1.165) is 21.0 Å². The number of nitrogens with zero attached hydrogens (tertiary/aromatic N) is 1. The monoisotopic (exact) mass is 330 g/mol. The largest absolute Gasteiger partial charge is 0.485 e. The Morgan fingerprint density at radius 1 is 1.50 bits per heavy atom. The zero-order valence-electron chi connectivity index (χ0n) is 9.74. The first-order chi connectivity index (χ1) is 8.69. The van der Waals surface area contributed by atoms with Crippen LogP contribution >= 0.6 is 27.3 Å². The molecule has 1 N–H and O–H groups in total. The lowest BCUT2D eigenvalue weighted by Gasteiger charge is -2.05. The lowest BCUT2D eigenvalue weighted by atomic mass is 10.3. The Hall–Kier alpha value is -1.14. The average molecular weight is 331 g/mol. The zero-order chi connectivity index (χ0) is 13.0. The van der Waals surface area contributed by atoms with Crippen molar-refractivity contribution in [1.82, 2.24) is 4.98 Å². The Bertz CT molecular complexity index is 533. The number of thiazole rings is 1. The summed E-state index contributed by atoms with van der Waals surface area (Å²) in [6, 6.07) is 4.62. The Labute approximate surface area is 117 Å². The van der Waals surface area contributed by atoms with Gasteiger partial charge in [0.2, 0.25) is 0 Å². The minimum atomic E-state index is -0.366. The highest BCUT2D eigenvalue weighted by atomic mass is 79.9. The third kappa shape index (κ3) is 3.43. The van der Waals surface area contributed by atoms with Crippen LogP contribution in [0, 0.1) is 5.82 Å². The summed E-state index contributed by atoms with van der Waals surface area (Å²) in [6.07, 6.45) is 1.73. The van der Waals surface area contributed by atoms with Gasteiger partial charge in [0, 0.05) is 17.2 Å². The van der Waals surface area contributed by atoms with Crippen molar-refractivity contribution in [2.45, 2.75) is 13.5 Å². The van der Waals surface area contributed by atoms with Crippen molar-refractivity contribution in [2.24, 2.45) is 0 Å². The van der Waals surface area contributed by atoms with E-state index in [-0.39, 0.29) is 11.6 Å². The smallest absolute Gasteiger partial charge is 0.182 e. The van der Waals surface area contributed by atoms with Gasteiger partial charge in [0.1, 0.15) is 6.61 Å². The van der Waals surface area contributed by atoms with E-state index in [0.29, 0.717) is 6.61 Å². The fraction of sp³-hybridized carbons (Fsp3) is 0.250. The molecule has 2 aromatic rings. The number of aromatic nitrogens is 1. The molecular formula is C12H12BrFN2OS. The maximum Gasteiger partial charge on any atom is 0.182 e. The summed E-state index contributed by atoms with van der Waals surface area (Å²) in [4.78, 5) is 5.13. The third-order valence-corrected chi connectivity index (χ3v) is 3.57. The highest BCUT2D eigenvalue weighted by molar-refractivity contribution is 9.10. The van der Waals surface area contributed by atoms with Crippen LogP contribution in [-0.2, 0) is 6.61 Å². The molecule has 1 heterocycles. The first-order valence-corrected chi connectivity index (χ1v) is 7.06. The maximum absolute atomic E-state index is 13.4. The zero-order valence-corrected chi connectivity index (χ0v) is 12.1. The van der Waals surface area contributed by atoms with Crippen LogP contribution in [0.1, 0.15) is 11.8 Å². The molecule has 0 aliphatic carbocycles. The van der Waals surface area contributed by atoms with E-state index in [9.17, 15) is 4.39 Å². The summed E-state index contributed by atoms with van der Waals surface area (Å²) in [5.74, 6) is -0.127. The Morgan fingerprint density at radius 2 is 2.33 bits per heavy atom. The number of hydrogen-bond acceptors (Lipinski definition) is 4. The molecular weight excluding hydrogens is 319 g/mol. The van der Waals surface area contributed by atoms with Gasteiger partial charge in [0.25, 0.3) is 0 Å². The second-order valence-corrected chi connectivity index (χ2v) is 5.56.